The Hall–Kier alpha value is 0.303. The number of hydrogen-bond acceptors (Lipinski definition) is 3. The Labute approximate surface area is 62.7 Å². The summed E-state index contributed by atoms with van der Waals surface area (Å²) in [5.41, 5.74) is 0. The van der Waals surface area contributed by atoms with E-state index in [-0.39, 0.29) is 42.0 Å². The molecule has 0 amide bonds. The molecule has 2 N–H and O–H groups in total. The van der Waals surface area contributed by atoms with Gasteiger partial charge in [-0.05, 0) is 0 Å². The topological polar surface area (TPSA) is 97.7 Å². The molecule has 0 aliphatic rings. The molecule has 0 fully saturated rings. The number of nitrogens with zero attached hydrogens (tertiary/aromatic N) is 1. The maximum Gasteiger partial charge on any atom is 1.00 e. The van der Waals surface area contributed by atoms with Gasteiger partial charge in [-0.1, -0.05) is 0 Å². The van der Waals surface area contributed by atoms with Gasteiger partial charge in [0.15, 0.2) is 0 Å². The van der Waals surface area contributed by atoms with E-state index < -0.39 is 5.09 Å². The first-order valence-corrected chi connectivity index (χ1v) is 0.548. The monoisotopic (exact) mass is 207 g/mol. The van der Waals surface area contributed by atoms with Crippen molar-refractivity contribution < 1.29 is 47.1 Å². The Morgan fingerprint density at radius 2 is 1.29 bits per heavy atom. The molecule has 0 unspecified atom stereocenters. The van der Waals surface area contributed by atoms with Crippen molar-refractivity contribution in [2.75, 3.05) is 0 Å². The van der Waals surface area contributed by atoms with Crippen LogP contribution in [-0.4, -0.2) is 10.6 Å². The number of hydrogen-bond donors (Lipinski definition) is 0. The fourth-order valence-corrected chi connectivity index (χ4v) is 0. The van der Waals surface area contributed by atoms with E-state index in [0.717, 1.165) is 0 Å². The smallest absolute Gasteiger partial charge is 0.412 e. The minimum atomic E-state index is -1.75. The van der Waals surface area contributed by atoms with Crippen LogP contribution in [-0.2, 0) is 36.5 Å². The summed E-state index contributed by atoms with van der Waals surface area (Å²) in [6.45, 7) is 0. The summed E-state index contributed by atoms with van der Waals surface area (Å²) >= 11 is 0. The van der Waals surface area contributed by atoms with Crippen molar-refractivity contribution in [1.82, 2.24) is 0 Å². The van der Waals surface area contributed by atoms with Crippen LogP contribution in [0.4, 0.5) is 0 Å². The molecule has 0 spiro atoms. The summed E-state index contributed by atoms with van der Waals surface area (Å²) in [5, 5.41) is 14.8. The van der Waals surface area contributed by atoms with Crippen molar-refractivity contribution in [3.8, 4) is 0 Å². The largest absolute Gasteiger partial charge is 1.00 e. The molecule has 0 radical (unpaired) electrons. The van der Waals surface area contributed by atoms with Gasteiger partial charge in [0.05, 0.1) is 5.09 Å². The summed E-state index contributed by atoms with van der Waals surface area (Å²) < 4.78 is 0. The van der Waals surface area contributed by atoms with Crippen LogP contribution in [0.2, 0.25) is 0 Å². The molecule has 0 aliphatic carbocycles. The van der Waals surface area contributed by atoms with Gasteiger partial charge in [0.25, 0.3) is 0 Å². The number of rotatable bonds is 0. The maximum absolute atomic E-state index is 8.25. The minimum absolute atomic E-state index is 0. The zero-order valence-electron chi connectivity index (χ0n) is 3.18. The van der Waals surface area contributed by atoms with Crippen molar-refractivity contribution >= 4 is 0 Å². The molecule has 7 heavy (non-hydrogen) atoms. The van der Waals surface area contributed by atoms with Crippen molar-refractivity contribution in [3.63, 3.8) is 0 Å². The molecular formula is H2CuNO4Zn. The second kappa shape index (κ2) is 16.2. The Bertz CT molecular complexity index is 34.7. The van der Waals surface area contributed by atoms with E-state index in [0.29, 0.717) is 0 Å². The van der Waals surface area contributed by atoms with Crippen molar-refractivity contribution in [1.29, 1.82) is 0 Å². The van der Waals surface area contributed by atoms with Crippen LogP contribution >= 0.6 is 0 Å². The third-order valence-electron chi connectivity index (χ3n) is 0. The molecule has 7 heteroatoms. The first-order valence-electron chi connectivity index (χ1n) is 0.548. The van der Waals surface area contributed by atoms with Gasteiger partial charge in [0.1, 0.15) is 0 Å². The SMILES string of the molecule is O.O=[N+]([O-])[O-].[Cu+].[Zn]. The van der Waals surface area contributed by atoms with Gasteiger partial charge < -0.3 is 20.8 Å². The summed E-state index contributed by atoms with van der Waals surface area (Å²) in [5.74, 6) is 0. The van der Waals surface area contributed by atoms with Crippen LogP contribution in [0.5, 0.6) is 0 Å². The van der Waals surface area contributed by atoms with Crippen LogP contribution in [0, 0.1) is 15.3 Å². The molecule has 0 atom stereocenters. The second-order valence-corrected chi connectivity index (χ2v) is 0.224. The summed E-state index contributed by atoms with van der Waals surface area (Å²) in [7, 11) is 0. The normalized spacial score (nSPS) is 3.43. The summed E-state index contributed by atoms with van der Waals surface area (Å²) in [6.07, 6.45) is 0. The maximum atomic E-state index is 8.25. The van der Waals surface area contributed by atoms with Gasteiger partial charge >= 0.3 is 17.1 Å². The van der Waals surface area contributed by atoms with Gasteiger partial charge in [-0.25, -0.2) is 0 Å². The van der Waals surface area contributed by atoms with Crippen LogP contribution in [0.1, 0.15) is 0 Å². The van der Waals surface area contributed by atoms with Crippen LogP contribution < -0.4 is 0 Å². The standard InChI is InChI=1S/Cu.NO3.H2O.Zn/c;2-1(3)4;;/h;;1H2;/q+1;-1;;. The van der Waals surface area contributed by atoms with Crippen LogP contribution in [0.3, 0.4) is 0 Å². The Balaban J connectivity index is -0.0000000150. The fourth-order valence-electron chi connectivity index (χ4n) is 0. The van der Waals surface area contributed by atoms with Crippen molar-refractivity contribution in [3.05, 3.63) is 15.3 Å². The van der Waals surface area contributed by atoms with Crippen LogP contribution in [0.15, 0.2) is 0 Å². The molecule has 0 aromatic carbocycles. The quantitative estimate of drug-likeness (QED) is 0.288. The summed E-state index contributed by atoms with van der Waals surface area (Å²) in [6, 6.07) is 0. The minimum Gasteiger partial charge on any atom is -0.412 e. The van der Waals surface area contributed by atoms with Gasteiger partial charge in [0.2, 0.25) is 0 Å². The molecule has 0 aromatic rings. The van der Waals surface area contributed by atoms with Crippen LogP contribution in [0.25, 0.3) is 0 Å². The van der Waals surface area contributed by atoms with E-state index in [1.807, 2.05) is 0 Å². The molecular weight excluding hydrogens is 207 g/mol. The van der Waals surface area contributed by atoms with Crippen molar-refractivity contribution in [2.24, 2.45) is 0 Å². The molecule has 44 valence electrons. The second-order valence-electron chi connectivity index (χ2n) is 0.224. The molecule has 0 aliphatic heterocycles. The Morgan fingerprint density at radius 3 is 1.29 bits per heavy atom. The molecule has 0 saturated carbocycles. The fraction of sp³-hybridized carbons (Fsp3) is 0. The van der Waals surface area contributed by atoms with Gasteiger partial charge in [-0.3, -0.25) is 0 Å². The zero-order valence-corrected chi connectivity index (χ0v) is 7.09. The van der Waals surface area contributed by atoms with E-state index >= 15 is 0 Å². The molecule has 0 rings (SSSR count). The Morgan fingerprint density at radius 1 is 1.29 bits per heavy atom. The van der Waals surface area contributed by atoms with E-state index in [1.54, 1.807) is 0 Å². The average molecular weight is 209 g/mol. The summed E-state index contributed by atoms with van der Waals surface area (Å²) in [4.78, 5) is 8.25. The average Bonchev–Trinajstić information content (AvgIpc) is 0.811. The van der Waals surface area contributed by atoms with Gasteiger partial charge in [-0.2, -0.15) is 0 Å². The van der Waals surface area contributed by atoms with E-state index in [9.17, 15) is 0 Å². The van der Waals surface area contributed by atoms with Crippen molar-refractivity contribution in [2.45, 2.75) is 0 Å². The predicted octanol–water partition coefficient (Wildman–Crippen LogP) is -1.07. The molecule has 0 heterocycles. The first-order chi connectivity index (χ1) is 1.73. The molecule has 0 aromatic heterocycles. The predicted molar refractivity (Wildman–Crippen MR) is 14.0 cm³/mol. The zero-order chi connectivity index (χ0) is 3.58. The van der Waals surface area contributed by atoms with E-state index in [1.165, 1.54) is 0 Å². The van der Waals surface area contributed by atoms with Gasteiger partial charge in [0, 0.05) is 19.5 Å². The van der Waals surface area contributed by atoms with E-state index in [2.05, 4.69) is 0 Å². The van der Waals surface area contributed by atoms with E-state index in [4.69, 9.17) is 15.3 Å². The Kier molecular flexibility index (Phi) is 61.7. The van der Waals surface area contributed by atoms with Gasteiger partial charge in [-0.15, -0.1) is 0 Å². The molecule has 0 saturated heterocycles. The first kappa shape index (κ1) is 26.6. The molecule has 5 nitrogen and oxygen atoms in total. The third-order valence-corrected chi connectivity index (χ3v) is 0. The third kappa shape index (κ3) is 1270. The molecule has 0 bridgehead atoms.